The number of amides is 3. The fourth-order valence-electron chi connectivity index (χ4n) is 2.41. The number of imide groups is 1. The Kier molecular flexibility index (Phi) is 4.02. The maximum atomic E-state index is 12.3. The SMILES string of the molecule is N#Cc1ccc(NC(=O)CN2C(=O)c3cccc(Cl)c3C2=O)cc1. The summed E-state index contributed by atoms with van der Waals surface area (Å²) in [7, 11) is 0. The highest BCUT2D eigenvalue weighted by molar-refractivity contribution is 6.37. The lowest BCUT2D eigenvalue weighted by molar-refractivity contribution is -0.116. The van der Waals surface area contributed by atoms with E-state index in [1.54, 1.807) is 30.3 Å². The van der Waals surface area contributed by atoms with Crippen molar-refractivity contribution in [1.29, 1.82) is 5.26 Å². The fourth-order valence-corrected chi connectivity index (χ4v) is 2.66. The molecule has 0 aromatic heterocycles. The van der Waals surface area contributed by atoms with Gasteiger partial charge >= 0.3 is 0 Å². The van der Waals surface area contributed by atoms with Gasteiger partial charge in [-0.05, 0) is 36.4 Å². The zero-order valence-corrected chi connectivity index (χ0v) is 13.0. The first-order chi connectivity index (χ1) is 11.5. The molecule has 6 nitrogen and oxygen atoms in total. The number of anilines is 1. The van der Waals surface area contributed by atoms with Crippen LogP contribution in [0.2, 0.25) is 5.02 Å². The van der Waals surface area contributed by atoms with Gasteiger partial charge in [-0.15, -0.1) is 0 Å². The van der Waals surface area contributed by atoms with Crippen molar-refractivity contribution in [2.45, 2.75) is 0 Å². The summed E-state index contributed by atoms with van der Waals surface area (Å²) in [5.74, 6) is -1.66. The first-order valence-electron chi connectivity index (χ1n) is 6.96. The average molecular weight is 340 g/mol. The summed E-state index contributed by atoms with van der Waals surface area (Å²) in [6.45, 7) is -0.414. The quantitative estimate of drug-likeness (QED) is 0.870. The number of nitrogens with zero attached hydrogens (tertiary/aromatic N) is 2. The van der Waals surface area contributed by atoms with Gasteiger partial charge in [0.1, 0.15) is 6.54 Å². The van der Waals surface area contributed by atoms with Crippen molar-refractivity contribution in [3.63, 3.8) is 0 Å². The Morgan fingerprint density at radius 2 is 1.83 bits per heavy atom. The maximum absolute atomic E-state index is 12.3. The molecule has 1 heterocycles. The monoisotopic (exact) mass is 339 g/mol. The summed E-state index contributed by atoms with van der Waals surface area (Å²) in [6.07, 6.45) is 0. The Bertz CT molecular complexity index is 900. The van der Waals surface area contributed by atoms with E-state index in [4.69, 9.17) is 16.9 Å². The molecule has 0 saturated carbocycles. The first-order valence-corrected chi connectivity index (χ1v) is 7.34. The van der Waals surface area contributed by atoms with Crippen LogP contribution in [0.15, 0.2) is 42.5 Å². The third kappa shape index (κ3) is 2.73. The molecule has 118 valence electrons. The Morgan fingerprint density at radius 3 is 2.46 bits per heavy atom. The Morgan fingerprint density at radius 1 is 1.12 bits per heavy atom. The number of nitrogens with one attached hydrogen (secondary N) is 1. The second-order valence-electron chi connectivity index (χ2n) is 5.10. The van der Waals surface area contributed by atoms with Gasteiger partial charge in [0, 0.05) is 5.69 Å². The molecule has 0 bridgehead atoms. The van der Waals surface area contributed by atoms with Crippen molar-refractivity contribution >= 4 is 35.0 Å². The van der Waals surface area contributed by atoms with Gasteiger partial charge in [-0.3, -0.25) is 19.3 Å². The third-order valence-corrected chi connectivity index (χ3v) is 3.86. The molecule has 0 fully saturated rings. The van der Waals surface area contributed by atoms with E-state index in [-0.39, 0.29) is 16.1 Å². The minimum absolute atomic E-state index is 0.121. The molecule has 1 aliphatic rings. The van der Waals surface area contributed by atoms with Crippen LogP contribution >= 0.6 is 11.6 Å². The van der Waals surface area contributed by atoms with Crippen LogP contribution in [0.1, 0.15) is 26.3 Å². The van der Waals surface area contributed by atoms with E-state index in [9.17, 15) is 14.4 Å². The van der Waals surface area contributed by atoms with Gasteiger partial charge in [0.25, 0.3) is 11.8 Å². The summed E-state index contributed by atoms with van der Waals surface area (Å²) in [6, 6.07) is 12.8. The Hall–Kier alpha value is -3.17. The minimum atomic E-state index is -0.587. The molecule has 7 heteroatoms. The summed E-state index contributed by atoms with van der Waals surface area (Å²) in [5, 5.41) is 11.5. The van der Waals surface area contributed by atoms with Crippen LogP contribution in [-0.2, 0) is 4.79 Å². The lowest BCUT2D eigenvalue weighted by Gasteiger charge is -2.13. The predicted molar refractivity (Wildman–Crippen MR) is 86.6 cm³/mol. The molecule has 3 rings (SSSR count). The van der Waals surface area contributed by atoms with Crippen LogP contribution in [0.3, 0.4) is 0 Å². The summed E-state index contributed by atoms with van der Waals surface area (Å²) in [5.41, 5.74) is 1.24. The number of hydrogen-bond acceptors (Lipinski definition) is 4. The maximum Gasteiger partial charge on any atom is 0.263 e. The van der Waals surface area contributed by atoms with Gasteiger partial charge < -0.3 is 5.32 Å². The van der Waals surface area contributed by atoms with Gasteiger partial charge in [-0.2, -0.15) is 5.26 Å². The molecule has 0 spiro atoms. The van der Waals surface area contributed by atoms with Gasteiger partial charge in [0.15, 0.2) is 0 Å². The molecular formula is C17H10ClN3O3. The van der Waals surface area contributed by atoms with E-state index >= 15 is 0 Å². The smallest absolute Gasteiger partial charge is 0.263 e. The summed E-state index contributed by atoms with van der Waals surface area (Å²) < 4.78 is 0. The van der Waals surface area contributed by atoms with Crippen molar-refractivity contribution in [3.05, 3.63) is 64.2 Å². The molecule has 0 atom stereocenters. The fraction of sp³-hybridized carbons (Fsp3) is 0.0588. The van der Waals surface area contributed by atoms with Crippen molar-refractivity contribution in [2.75, 3.05) is 11.9 Å². The molecule has 1 N–H and O–H groups in total. The molecule has 2 aromatic rings. The largest absolute Gasteiger partial charge is 0.325 e. The molecular weight excluding hydrogens is 330 g/mol. The summed E-state index contributed by atoms with van der Waals surface area (Å²) in [4.78, 5) is 37.5. The number of rotatable bonds is 3. The van der Waals surface area contributed by atoms with Gasteiger partial charge in [0.2, 0.25) is 5.91 Å². The first kappa shape index (κ1) is 15.7. The topological polar surface area (TPSA) is 90.3 Å². The van der Waals surface area contributed by atoms with E-state index < -0.39 is 24.3 Å². The number of carbonyl (C=O) groups excluding carboxylic acids is 3. The van der Waals surface area contributed by atoms with E-state index in [1.165, 1.54) is 12.1 Å². The van der Waals surface area contributed by atoms with Crippen LogP contribution in [0.5, 0.6) is 0 Å². The predicted octanol–water partition coefficient (Wildman–Crippen LogP) is 2.45. The van der Waals surface area contributed by atoms with Gasteiger partial charge in [0.05, 0.1) is 27.8 Å². The standard InChI is InChI=1S/C17H10ClN3O3/c18-13-3-1-2-12-15(13)17(24)21(16(12)23)9-14(22)20-11-6-4-10(8-19)5-7-11/h1-7H,9H2,(H,20,22). The van der Waals surface area contributed by atoms with Gasteiger partial charge in [-0.25, -0.2) is 0 Å². The van der Waals surface area contributed by atoms with E-state index in [2.05, 4.69) is 5.32 Å². The van der Waals surface area contributed by atoms with E-state index in [1.807, 2.05) is 6.07 Å². The number of nitriles is 1. The minimum Gasteiger partial charge on any atom is -0.325 e. The van der Waals surface area contributed by atoms with Crippen LogP contribution in [-0.4, -0.2) is 29.2 Å². The van der Waals surface area contributed by atoms with Crippen LogP contribution in [0.4, 0.5) is 5.69 Å². The number of hydrogen-bond donors (Lipinski definition) is 1. The van der Waals surface area contributed by atoms with Crippen LogP contribution < -0.4 is 5.32 Å². The highest BCUT2D eigenvalue weighted by atomic mass is 35.5. The second-order valence-corrected chi connectivity index (χ2v) is 5.50. The van der Waals surface area contributed by atoms with Crippen molar-refractivity contribution in [3.8, 4) is 6.07 Å². The van der Waals surface area contributed by atoms with E-state index in [0.29, 0.717) is 11.3 Å². The molecule has 3 amide bonds. The van der Waals surface area contributed by atoms with E-state index in [0.717, 1.165) is 4.90 Å². The molecule has 0 radical (unpaired) electrons. The van der Waals surface area contributed by atoms with Crippen molar-refractivity contribution in [2.24, 2.45) is 0 Å². The number of carbonyl (C=O) groups is 3. The molecule has 1 aliphatic heterocycles. The number of benzene rings is 2. The average Bonchev–Trinajstić information content (AvgIpc) is 2.81. The van der Waals surface area contributed by atoms with Crippen molar-refractivity contribution < 1.29 is 14.4 Å². The zero-order chi connectivity index (χ0) is 17.3. The zero-order valence-electron chi connectivity index (χ0n) is 12.2. The van der Waals surface area contributed by atoms with Crippen LogP contribution in [0.25, 0.3) is 0 Å². The lowest BCUT2D eigenvalue weighted by atomic mass is 10.1. The van der Waals surface area contributed by atoms with Crippen molar-refractivity contribution in [1.82, 2.24) is 4.90 Å². The molecule has 0 aliphatic carbocycles. The third-order valence-electron chi connectivity index (χ3n) is 3.55. The second kappa shape index (κ2) is 6.14. The Labute approximate surface area is 142 Å². The highest BCUT2D eigenvalue weighted by Gasteiger charge is 2.38. The molecule has 0 unspecified atom stereocenters. The Balaban J connectivity index is 1.73. The number of fused-ring (bicyclic) bond motifs is 1. The highest BCUT2D eigenvalue weighted by Crippen LogP contribution is 2.28. The normalized spacial score (nSPS) is 12.8. The van der Waals surface area contributed by atoms with Crippen LogP contribution in [0, 0.1) is 11.3 Å². The molecule has 24 heavy (non-hydrogen) atoms. The molecule has 0 saturated heterocycles. The molecule has 2 aromatic carbocycles. The lowest BCUT2D eigenvalue weighted by Crippen LogP contribution is -2.37. The van der Waals surface area contributed by atoms with Gasteiger partial charge in [-0.1, -0.05) is 17.7 Å². The number of halogens is 1. The summed E-state index contributed by atoms with van der Waals surface area (Å²) >= 11 is 5.96.